The standard InChI is InChI=1S/C14H32N2O2Si/c1-4-10-17-19(18-11-5-2)13-14(3)12-16-8-6-15-7-9-16/h14-15,19H,4-13H2,1-3H3. The van der Waals surface area contributed by atoms with E-state index in [1.54, 1.807) is 0 Å². The third kappa shape index (κ3) is 8.04. The topological polar surface area (TPSA) is 33.7 Å². The van der Waals surface area contributed by atoms with Crippen LogP contribution in [0.2, 0.25) is 6.04 Å². The molecule has 0 aliphatic carbocycles. The molecule has 1 rings (SSSR count). The molecule has 0 aromatic rings. The minimum atomic E-state index is -1.44. The van der Waals surface area contributed by atoms with Crippen molar-refractivity contribution in [2.75, 3.05) is 45.9 Å². The summed E-state index contributed by atoms with van der Waals surface area (Å²) >= 11 is 0. The minimum Gasteiger partial charge on any atom is -0.397 e. The van der Waals surface area contributed by atoms with Crippen molar-refractivity contribution in [1.29, 1.82) is 0 Å². The molecule has 1 N–H and O–H groups in total. The van der Waals surface area contributed by atoms with Crippen LogP contribution in [0, 0.1) is 5.92 Å². The zero-order valence-electron chi connectivity index (χ0n) is 13.0. The molecule has 0 radical (unpaired) electrons. The molecule has 1 unspecified atom stereocenters. The molecular weight excluding hydrogens is 256 g/mol. The number of nitrogens with zero attached hydrogens (tertiary/aromatic N) is 1. The van der Waals surface area contributed by atoms with Gasteiger partial charge in [0.15, 0.2) is 0 Å². The Morgan fingerprint density at radius 2 is 1.68 bits per heavy atom. The first-order valence-corrected chi connectivity index (χ1v) is 9.68. The number of hydrogen-bond donors (Lipinski definition) is 1. The summed E-state index contributed by atoms with van der Waals surface area (Å²) in [5.74, 6) is 0.684. The van der Waals surface area contributed by atoms with Gasteiger partial charge >= 0.3 is 9.28 Å². The first-order chi connectivity index (χ1) is 9.26. The van der Waals surface area contributed by atoms with Crippen molar-refractivity contribution >= 4 is 9.28 Å². The second kappa shape index (κ2) is 10.8. The quantitative estimate of drug-likeness (QED) is 0.619. The average molecular weight is 289 g/mol. The Bertz CT molecular complexity index is 206. The van der Waals surface area contributed by atoms with Gasteiger partial charge < -0.3 is 19.1 Å². The molecule has 0 amide bonds. The van der Waals surface area contributed by atoms with E-state index in [1.165, 1.54) is 19.6 Å². The van der Waals surface area contributed by atoms with Gasteiger partial charge in [-0.05, 0) is 24.8 Å². The van der Waals surface area contributed by atoms with Crippen LogP contribution in [0.3, 0.4) is 0 Å². The fourth-order valence-corrected chi connectivity index (χ4v) is 4.59. The van der Waals surface area contributed by atoms with Crippen LogP contribution in [-0.2, 0) is 8.85 Å². The molecule has 4 nitrogen and oxygen atoms in total. The van der Waals surface area contributed by atoms with Gasteiger partial charge in [-0.15, -0.1) is 0 Å². The molecule has 0 aromatic carbocycles. The molecule has 0 aromatic heterocycles. The van der Waals surface area contributed by atoms with Crippen molar-refractivity contribution in [1.82, 2.24) is 10.2 Å². The van der Waals surface area contributed by atoms with Gasteiger partial charge in [0, 0.05) is 45.9 Å². The van der Waals surface area contributed by atoms with Gasteiger partial charge in [0.1, 0.15) is 0 Å². The molecule has 5 heteroatoms. The summed E-state index contributed by atoms with van der Waals surface area (Å²) in [6.07, 6.45) is 2.18. The van der Waals surface area contributed by atoms with Gasteiger partial charge in [-0.2, -0.15) is 0 Å². The molecule has 1 fully saturated rings. The van der Waals surface area contributed by atoms with Gasteiger partial charge in [0.05, 0.1) is 0 Å². The maximum absolute atomic E-state index is 5.94. The molecule has 0 spiro atoms. The van der Waals surface area contributed by atoms with Crippen molar-refractivity contribution in [3.8, 4) is 0 Å². The smallest absolute Gasteiger partial charge is 0.321 e. The third-order valence-electron chi connectivity index (χ3n) is 3.39. The summed E-state index contributed by atoms with van der Waals surface area (Å²) in [6.45, 7) is 14.2. The van der Waals surface area contributed by atoms with Crippen LogP contribution >= 0.6 is 0 Å². The lowest BCUT2D eigenvalue weighted by Crippen LogP contribution is -2.45. The fourth-order valence-electron chi connectivity index (χ4n) is 2.42. The predicted octanol–water partition coefficient (Wildman–Crippen LogP) is 1.60. The van der Waals surface area contributed by atoms with Crippen molar-refractivity contribution < 1.29 is 8.85 Å². The lowest BCUT2D eigenvalue weighted by Gasteiger charge is -2.30. The molecule has 114 valence electrons. The Morgan fingerprint density at radius 3 is 2.21 bits per heavy atom. The van der Waals surface area contributed by atoms with Crippen LogP contribution in [-0.4, -0.2) is 60.1 Å². The van der Waals surface area contributed by atoms with Gasteiger partial charge in [-0.1, -0.05) is 20.8 Å². The summed E-state index contributed by atoms with van der Waals surface area (Å²) in [6, 6.07) is 1.14. The highest BCUT2D eigenvalue weighted by atomic mass is 28.3. The second-order valence-corrected chi connectivity index (χ2v) is 7.56. The van der Waals surface area contributed by atoms with E-state index >= 15 is 0 Å². The third-order valence-corrected chi connectivity index (χ3v) is 5.79. The van der Waals surface area contributed by atoms with Crippen molar-refractivity contribution in [2.45, 2.75) is 39.7 Å². The van der Waals surface area contributed by atoms with Crippen molar-refractivity contribution in [3.63, 3.8) is 0 Å². The SMILES string of the molecule is CCCO[SiH](CC(C)CN1CCNCC1)OCCC. The normalized spacial score (nSPS) is 18.9. The molecule has 1 heterocycles. The van der Waals surface area contributed by atoms with Crippen molar-refractivity contribution in [3.05, 3.63) is 0 Å². The number of nitrogens with one attached hydrogen (secondary N) is 1. The Balaban J connectivity index is 2.25. The van der Waals surface area contributed by atoms with Crippen LogP contribution < -0.4 is 5.32 Å². The zero-order chi connectivity index (χ0) is 13.9. The van der Waals surface area contributed by atoms with Gasteiger partial charge in [0.2, 0.25) is 0 Å². The Hall–Kier alpha value is 0.0569. The molecule has 0 saturated carbocycles. The summed E-state index contributed by atoms with van der Waals surface area (Å²) < 4.78 is 11.9. The summed E-state index contributed by atoms with van der Waals surface area (Å²) in [7, 11) is -1.44. The van der Waals surface area contributed by atoms with E-state index < -0.39 is 9.28 Å². The lowest BCUT2D eigenvalue weighted by molar-refractivity contribution is 0.180. The molecular formula is C14H32N2O2Si. The number of rotatable bonds is 10. The maximum Gasteiger partial charge on any atom is 0.321 e. The van der Waals surface area contributed by atoms with E-state index in [4.69, 9.17) is 8.85 Å². The van der Waals surface area contributed by atoms with E-state index in [1.807, 2.05) is 0 Å². The molecule has 19 heavy (non-hydrogen) atoms. The zero-order valence-corrected chi connectivity index (χ0v) is 14.1. The van der Waals surface area contributed by atoms with E-state index in [2.05, 4.69) is 31.0 Å². The second-order valence-electron chi connectivity index (χ2n) is 5.56. The van der Waals surface area contributed by atoms with Crippen molar-refractivity contribution in [2.24, 2.45) is 5.92 Å². The van der Waals surface area contributed by atoms with E-state index in [0.29, 0.717) is 5.92 Å². The van der Waals surface area contributed by atoms with E-state index in [-0.39, 0.29) is 0 Å². The number of piperazine rings is 1. The molecule has 0 bridgehead atoms. The van der Waals surface area contributed by atoms with E-state index in [0.717, 1.165) is 45.2 Å². The fraction of sp³-hybridized carbons (Fsp3) is 1.00. The van der Waals surface area contributed by atoms with Crippen LogP contribution in [0.1, 0.15) is 33.6 Å². The van der Waals surface area contributed by atoms with E-state index in [9.17, 15) is 0 Å². The Morgan fingerprint density at radius 1 is 1.11 bits per heavy atom. The van der Waals surface area contributed by atoms with Crippen LogP contribution in [0.15, 0.2) is 0 Å². The summed E-state index contributed by atoms with van der Waals surface area (Å²) in [4.78, 5) is 2.56. The monoisotopic (exact) mass is 288 g/mol. The predicted molar refractivity (Wildman–Crippen MR) is 82.9 cm³/mol. The highest BCUT2D eigenvalue weighted by molar-refractivity contribution is 6.44. The summed E-state index contributed by atoms with van der Waals surface area (Å²) in [5, 5.41) is 3.40. The molecule has 1 aliphatic rings. The number of hydrogen-bond acceptors (Lipinski definition) is 4. The first-order valence-electron chi connectivity index (χ1n) is 7.92. The molecule has 1 saturated heterocycles. The van der Waals surface area contributed by atoms with Gasteiger partial charge in [-0.3, -0.25) is 0 Å². The largest absolute Gasteiger partial charge is 0.397 e. The molecule has 1 atom stereocenters. The Labute approximate surface area is 120 Å². The van der Waals surface area contributed by atoms with Gasteiger partial charge in [0.25, 0.3) is 0 Å². The summed E-state index contributed by atoms with van der Waals surface area (Å²) in [5.41, 5.74) is 0. The average Bonchev–Trinajstić information content (AvgIpc) is 2.43. The van der Waals surface area contributed by atoms with Crippen LogP contribution in [0.4, 0.5) is 0 Å². The van der Waals surface area contributed by atoms with Crippen LogP contribution in [0.5, 0.6) is 0 Å². The van der Waals surface area contributed by atoms with Crippen LogP contribution in [0.25, 0.3) is 0 Å². The highest BCUT2D eigenvalue weighted by Gasteiger charge is 2.20. The van der Waals surface area contributed by atoms with Gasteiger partial charge in [-0.25, -0.2) is 0 Å². The highest BCUT2D eigenvalue weighted by Crippen LogP contribution is 2.12. The first kappa shape index (κ1) is 17.1. The minimum absolute atomic E-state index is 0.684. The lowest BCUT2D eigenvalue weighted by atomic mass is 10.2. The maximum atomic E-state index is 5.94. The molecule has 1 aliphatic heterocycles. The Kier molecular flexibility index (Phi) is 9.72.